The van der Waals surface area contributed by atoms with Crippen LogP contribution in [0.25, 0.3) is 0 Å². The van der Waals surface area contributed by atoms with Gasteiger partial charge in [-0.15, -0.1) is 0 Å². The van der Waals surface area contributed by atoms with E-state index in [1.54, 1.807) is 12.1 Å². The second-order valence-electron chi connectivity index (χ2n) is 5.02. The molecule has 2 aromatic rings. The van der Waals surface area contributed by atoms with E-state index in [-0.39, 0.29) is 17.9 Å². The molecule has 19 heavy (non-hydrogen) atoms. The van der Waals surface area contributed by atoms with E-state index in [9.17, 15) is 4.39 Å². The van der Waals surface area contributed by atoms with Gasteiger partial charge < -0.3 is 5.32 Å². The average Bonchev–Trinajstić information content (AvgIpc) is 2.39. The zero-order chi connectivity index (χ0) is 13.8. The Labute approximate surface area is 114 Å². The van der Waals surface area contributed by atoms with Crippen molar-refractivity contribution in [2.24, 2.45) is 0 Å². The monoisotopic (exact) mass is 257 g/mol. The van der Waals surface area contributed by atoms with Crippen molar-refractivity contribution in [2.75, 3.05) is 0 Å². The van der Waals surface area contributed by atoms with E-state index >= 15 is 0 Å². The highest BCUT2D eigenvalue weighted by Crippen LogP contribution is 2.22. The van der Waals surface area contributed by atoms with E-state index in [0.717, 1.165) is 5.56 Å². The number of aryl methyl sites for hydroxylation is 1. The van der Waals surface area contributed by atoms with E-state index in [4.69, 9.17) is 0 Å². The van der Waals surface area contributed by atoms with Crippen LogP contribution in [0.5, 0.6) is 0 Å². The maximum absolute atomic E-state index is 13.2. The Morgan fingerprint density at radius 2 is 1.68 bits per heavy atom. The van der Waals surface area contributed by atoms with Crippen LogP contribution in [0.3, 0.4) is 0 Å². The summed E-state index contributed by atoms with van der Waals surface area (Å²) in [5.74, 6) is -0.185. The predicted molar refractivity (Wildman–Crippen MR) is 77.5 cm³/mol. The Morgan fingerprint density at radius 1 is 0.947 bits per heavy atom. The Morgan fingerprint density at radius 3 is 2.37 bits per heavy atom. The number of rotatable bonds is 4. The van der Waals surface area contributed by atoms with Crippen molar-refractivity contribution >= 4 is 0 Å². The molecule has 0 saturated heterocycles. The van der Waals surface area contributed by atoms with Gasteiger partial charge in [0.25, 0.3) is 0 Å². The van der Waals surface area contributed by atoms with Crippen molar-refractivity contribution in [1.29, 1.82) is 0 Å². The van der Waals surface area contributed by atoms with Crippen LogP contribution in [-0.2, 0) is 0 Å². The number of hydrogen-bond donors (Lipinski definition) is 1. The Bertz CT molecular complexity index is 550. The number of nitrogens with one attached hydrogen (secondary N) is 1. The highest BCUT2D eigenvalue weighted by atomic mass is 19.1. The normalized spacial score (nSPS) is 14.1. The minimum absolute atomic E-state index is 0.116. The third-order valence-corrected chi connectivity index (χ3v) is 3.50. The molecule has 2 unspecified atom stereocenters. The second-order valence-corrected chi connectivity index (χ2v) is 5.02. The third kappa shape index (κ3) is 3.42. The van der Waals surface area contributed by atoms with Crippen LogP contribution in [0.4, 0.5) is 4.39 Å². The molecule has 0 bridgehead atoms. The molecule has 0 aliphatic carbocycles. The first-order valence-electron chi connectivity index (χ1n) is 6.65. The summed E-state index contributed by atoms with van der Waals surface area (Å²) in [5, 5.41) is 3.51. The van der Waals surface area contributed by atoms with Gasteiger partial charge in [0.2, 0.25) is 0 Å². The van der Waals surface area contributed by atoms with Crippen LogP contribution < -0.4 is 5.32 Å². The third-order valence-electron chi connectivity index (χ3n) is 3.50. The molecule has 2 rings (SSSR count). The van der Waals surface area contributed by atoms with Crippen molar-refractivity contribution in [1.82, 2.24) is 5.32 Å². The molecule has 0 fully saturated rings. The number of hydrogen-bond acceptors (Lipinski definition) is 1. The van der Waals surface area contributed by atoms with Crippen molar-refractivity contribution in [3.8, 4) is 0 Å². The van der Waals surface area contributed by atoms with E-state index in [1.807, 2.05) is 18.2 Å². The van der Waals surface area contributed by atoms with Crippen LogP contribution >= 0.6 is 0 Å². The summed E-state index contributed by atoms with van der Waals surface area (Å²) in [4.78, 5) is 0. The van der Waals surface area contributed by atoms with E-state index < -0.39 is 0 Å². The summed E-state index contributed by atoms with van der Waals surface area (Å²) < 4.78 is 13.2. The van der Waals surface area contributed by atoms with Gasteiger partial charge in [-0.05, 0) is 49.6 Å². The van der Waals surface area contributed by atoms with Crippen molar-refractivity contribution in [3.63, 3.8) is 0 Å². The molecular weight excluding hydrogens is 237 g/mol. The van der Waals surface area contributed by atoms with Gasteiger partial charge in [0, 0.05) is 12.1 Å². The molecule has 1 N–H and O–H groups in total. The minimum atomic E-state index is -0.185. The van der Waals surface area contributed by atoms with Crippen LogP contribution in [0.1, 0.15) is 42.6 Å². The minimum Gasteiger partial charge on any atom is -0.304 e. The summed E-state index contributed by atoms with van der Waals surface area (Å²) in [6, 6.07) is 15.4. The zero-order valence-electron chi connectivity index (χ0n) is 11.7. The lowest BCUT2D eigenvalue weighted by Crippen LogP contribution is -2.23. The fraction of sp³-hybridized carbons (Fsp3) is 0.294. The van der Waals surface area contributed by atoms with Gasteiger partial charge >= 0.3 is 0 Å². The molecule has 0 aliphatic rings. The first-order chi connectivity index (χ1) is 9.08. The van der Waals surface area contributed by atoms with Gasteiger partial charge in [-0.3, -0.25) is 0 Å². The highest BCUT2D eigenvalue weighted by molar-refractivity contribution is 5.29. The molecule has 1 nitrogen and oxygen atoms in total. The zero-order valence-corrected chi connectivity index (χ0v) is 11.7. The summed E-state index contributed by atoms with van der Waals surface area (Å²) in [5.41, 5.74) is 3.53. The first-order valence-corrected chi connectivity index (χ1v) is 6.65. The Balaban J connectivity index is 2.11. The molecule has 2 atom stereocenters. The fourth-order valence-electron chi connectivity index (χ4n) is 2.41. The maximum Gasteiger partial charge on any atom is 0.123 e. The molecule has 0 spiro atoms. The summed E-state index contributed by atoms with van der Waals surface area (Å²) in [6.45, 7) is 6.31. The molecule has 0 saturated carbocycles. The van der Waals surface area contributed by atoms with Crippen LogP contribution in [0, 0.1) is 12.7 Å². The summed E-state index contributed by atoms with van der Waals surface area (Å²) in [7, 11) is 0. The molecule has 0 amide bonds. The van der Waals surface area contributed by atoms with Crippen LogP contribution in [0.2, 0.25) is 0 Å². The van der Waals surface area contributed by atoms with E-state index in [1.165, 1.54) is 17.2 Å². The molecule has 0 aromatic heterocycles. The van der Waals surface area contributed by atoms with Gasteiger partial charge in [0.15, 0.2) is 0 Å². The molecule has 0 radical (unpaired) electrons. The van der Waals surface area contributed by atoms with Gasteiger partial charge in [-0.2, -0.15) is 0 Å². The van der Waals surface area contributed by atoms with Crippen molar-refractivity contribution in [2.45, 2.75) is 32.9 Å². The molecule has 2 heteroatoms. The largest absolute Gasteiger partial charge is 0.304 e. The lowest BCUT2D eigenvalue weighted by Gasteiger charge is -2.22. The lowest BCUT2D eigenvalue weighted by atomic mass is 10.0. The first kappa shape index (κ1) is 13.8. The van der Waals surface area contributed by atoms with E-state index in [2.05, 4.69) is 38.2 Å². The number of halogens is 1. The van der Waals surface area contributed by atoms with Crippen molar-refractivity contribution < 1.29 is 4.39 Å². The SMILES string of the molecule is Cc1ccccc1C(C)NC(C)c1cccc(F)c1. The smallest absolute Gasteiger partial charge is 0.123 e. The second kappa shape index (κ2) is 5.98. The Kier molecular flexibility index (Phi) is 4.33. The molecule has 0 heterocycles. The molecular formula is C17H20FN. The average molecular weight is 257 g/mol. The lowest BCUT2D eigenvalue weighted by molar-refractivity contribution is 0.490. The quantitative estimate of drug-likeness (QED) is 0.847. The molecule has 2 aromatic carbocycles. The molecule has 100 valence electrons. The van der Waals surface area contributed by atoms with Crippen LogP contribution in [-0.4, -0.2) is 0 Å². The highest BCUT2D eigenvalue weighted by Gasteiger charge is 2.12. The maximum atomic E-state index is 13.2. The topological polar surface area (TPSA) is 12.0 Å². The van der Waals surface area contributed by atoms with Gasteiger partial charge in [-0.25, -0.2) is 4.39 Å². The molecule has 0 aliphatic heterocycles. The van der Waals surface area contributed by atoms with Crippen LogP contribution in [0.15, 0.2) is 48.5 Å². The fourth-order valence-corrected chi connectivity index (χ4v) is 2.41. The predicted octanol–water partition coefficient (Wildman–Crippen LogP) is 4.55. The number of benzene rings is 2. The van der Waals surface area contributed by atoms with E-state index in [0.29, 0.717) is 0 Å². The van der Waals surface area contributed by atoms with Crippen molar-refractivity contribution in [3.05, 3.63) is 71.0 Å². The summed E-state index contributed by atoms with van der Waals surface area (Å²) >= 11 is 0. The summed E-state index contributed by atoms with van der Waals surface area (Å²) in [6.07, 6.45) is 0. The van der Waals surface area contributed by atoms with Gasteiger partial charge in [0.05, 0.1) is 0 Å². The van der Waals surface area contributed by atoms with Gasteiger partial charge in [-0.1, -0.05) is 36.4 Å². The Hall–Kier alpha value is -1.67. The van der Waals surface area contributed by atoms with Gasteiger partial charge in [0.1, 0.15) is 5.82 Å². The standard InChI is InChI=1S/C17H20FN/c1-12-7-4-5-10-17(12)14(3)19-13(2)15-8-6-9-16(18)11-15/h4-11,13-14,19H,1-3H3.